The number of ether oxygens (including phenoxy) is 4. The molecule has 19 nitrogen and oxygen atoms in total. The number of nitrogens with two attached hydrogens (primary N) is 1. The molecular weight excluding hydrogens is 847 g/mol. The first-order chi connectivity index (χ1) is 31.3. The normalized spacial score (nSPS) is 27.5. The van der Waals surface area contributed by atoms with Crippen molar-refractivity contribution in [3.8, 4) is 11.5 Å². The van der Waals surface area contributed by atoms with Gasteiger partial charge in [-0.15, -0.1) is 0 Å². The number of aliphatic hydroxyl groups excluding tert-OH is 5. The molecule has 1 saturated heterocycles. The topological polar surface area (TPSA) is 293 Å². The van der Waals surface area contributed by atoms with E-state index in [1.165, 1.54) is 24.3 Å². The highest BCUT2D eigenvalue weighted by molar-refractivity contribution is 6.72. The van der Waals surface area contributed by atoms with E-state index in [9.17, 15) is 49.8 Å². The van der Waals surface area contributed by atoms with Crippen LogP contribution in [0.1, 0.15) is 106 Å². The van der Waals surface area contributed by atoms with Gasteiger partial charge >= 0.3 is 5.91 Å². The molecule has 0 radical (unpaired) electrons. The Balaban J connectivity index is 1.32. The number of aliphatic imine (C=N–C) groups is 3. The van der Waals surface area contributed by atoms with Crippen molar-refractivity contribution in [2.24, 2.45) is 20.7 Å². The van der Waals surface area contributed by atoms with Gasteiger partial charge in [-0.2, -0.15) is 9.98 Å². The Labute approximate surface area is 371 Å². The van der Waals surface area contributed by atoms with Crippen molar-refractivity contribution >= 4 is 47.0 Å². The average Bonchev–Trinajstić information content (AvgIpc) is 3.72. The minimum absolute atomic E-state index is 0.00164. The molecule has 2 aliphatic carbocycles. The minimum Gasteiger partial charge on any atom is -0.486 e. The fourth-order valence-corrected chi connectivity index (χ4v) is 10.1. The lowest BCUT2D eigenvalue weighted by molar-refractivity contribution is -0.349. The van der Waals surface area contributed by atoms with Gasteiger partial charge in [-0.1, -0.05) is 43.5 Å². The van der Waals surface area contributed by atoms with Gasteiger partial charge in [-0.05, 0) is 54.7 Å². The van der Waals surface area contributed by atoms with Crippen LogP contribution in [0.3, 0.4) is 0 Å². The van der Waals surface area contributed by atoms with Gasteiger partial charge in [0.05, 0.1) is 23.9 Å². The zero-order valence-corrected chi connectivity index (χ0v) is 35.2. The lowest BCUT2D eigenvalue weighted by Crippen LogP contribution is -2.72. The molecule has 1 spiro atoms. The van der Waals surface area contributed by atoms with E-state index in [1.54, 1.807) is 29.2 Å². The second-order valence-electron chi connectivity index (χ2n) is 17.2. The van der Waals surface area contributed by atoms with E-state index in [2.05, 4.69) is 15.0 Å². The van der Waals surface area contributed by atoms with E-state index in [4.69, 9.17) is 24.7 Å². The number of aliphatic hydroxyl groups is 6. The molecule has 7 atom stereocenters. The largest absolute Gasteiger partial charge is 0.486 e. The zero-order valence-electron chi connectivity index (χ0n) is 35.2. The summed E-state index contributed by atoms with van der Waals surface area (Å²) in [5.74, 6) is -3.62. The first-order valence-electron chi connectivity index (χ1n) is 21.7. The van der Waals surface area contributed by atoms with Gasteiger partial charge in [0, 0.05) is 59.9 Å². The molecule has 1 saturated carbocycles. The summed E-state index contributed by atoms with van der Waals surface area (Å²) in [5, 5.41) is 67.3. The third-order valence-corrected chi connectivity index (χ3v) is 13.3. The fraction of sp³-hybridized carbons (Fsp3) is 0.457. The molecule has 342 valence electrons. The lowest BCUT2D eigenvalue weighted by atomic mass is 9.73. The standard InChI is InChI=1S/C46H49N5O14/c47-44-49-41-33(42(60)50-44)48-22-51(41)31-7-3-2-6-26(31)25-11-17-63-45(12-4-1-5-13-45)40-36(58)39(59)46(61,14-16-53)43(65-40)64-37-29(25)19-30-32(38(37)62-21-24(55)10-15-52)35(57)28-18-23(20-54)8-9-27(28)34(30)56/h2-3,6-9,15,18-19,24-25,36,39-40,43,53-55,58-59,61H,1,4-5,10-14,16-17,20-22H2,(H2,47,50,60)/t24-,25-,36-,39-,40-,43+,46+/m1/s1. The molecule has 4 heterocycles. The van der Waals surface area contributed by atoms with Crippen LogP contribution in [0.2, 0.25) is 0 Å². The van der Waals surface area contributed by atoms with Gasteiger partial charge in [0.2, 0.25) is 12.2 Å². The van der Waals surface area contributed by atoms with E-state index < -0.39 is 91.5 Å². The Morgan fingerprint density at radius 3 is 2.51 bits per heavy atom. The predicted octanol–water partition coefficient (Wildman–Crippen LogP) is 0.949. The van der Waals surface area contributed by atoms with Gasteiger partial charge in [0.1, 0.15) is 37.9 Å². The van der Waals surface area contributed by atoms with Gasteiger partial charge in [0.15, 0.2) is 40.2 Å². The van der Waals surface area contributed by atoms with E-state index in [-0.39, 0.29) is 82.9 Å². The van der Waals surface area contributed by atoms with Crippen LogP contribution in [-0.4, -0.2) is 140 Å². The van der Waals surface area contributed by atoms with Crippen LogP contribution in [0.5, 0.6) is 11.5 Å². The third-order valence-electron chi connectivity index (χ3n) is 13.3. The molecule has 3 aromatic rings. The summed E-state index contributed by atoms with van der Waals surface area (Å²) in [6.07, 6.45) is -5.58. The molecule has 3 aromatic carbocycles. The van der Waals surface area contributed by atoms with Crippen LogP contribution in [-0.2, 0) is 25.7 Å². The van der Waals surface area contributed by atoms with Crippen molar-refractivity contribution < 1.29 is 68.8 Å². The number of rotatable bonds is 10. The maximum Gasteiger partial charge on any atom is 0.302 e. The monoisotopic (exact) mass is 895 g/mol. The van der Waals surface area contributed by atoms with Crippen molar-refractivity contribution in [1.29, 1.82) is 0 Å². The molecule has 0 unspecified atom stereocenters. The molecule has 0 aromatic heterocycles. The Bertz CT molecular complexity index is 2540. The summed E-state index contributed by atoms with van der Waals surface area (Å²) in [6, 6.07) is 12.9. The van der Waals surface area contributed by atoms with E-state index in [0.29, 0.717) is 48.8 Å². The van der Waals surface area contributed by atoms with Gasteiger partial charge in [0.25, 0.3) is 0 Å². The number of anilines is 1. The van der Waals surface area contributed by atoms with Gasteiger partial charge in [-0.25, -0.2) is 0 Å². The smallest absolute Gasteiger partial charge is 0.302 e. The number of para-hydroxylation sites is 1. The summed E-state index contributed by atoms with van der Waals surface area (Å²) < 4.78 is 26.6. The SMILES string of the molecule is NC1=NC(=O)C2=NCN(c3ccccc3[C@H]3CCOC4(CCCCC4)[C@@H]4O[C@H](Oc5c3cc3c(c5OC[C@H](O)CC=O)C(=O)c5cc(CO)ccc5C3=O)[C@](O)(CCO)[C@H](O)[C@H]4O)C2=N1. The van der Waals surface area contributed by atoms with Crippen LogP contribution in [0.25, 0.3) is 0 Å². The molecule has 4 aliphatic heterocycles. The van der Waals surface area contributed by atoms with Crippen molar-refractivity contribution in [2.45, 2.75) is 106 Å². The Morgan fingerprint density at radius 1 is 0.969 bits per heavy atom. The van der Waals surface area contributed by atoms with Gasteiger partial charge < -0.3 is 65.0 Å². The first kappa shape index (κ1) is 44.4. The van der Waals surface area contributed by atoms with Crippen LogP contribution >= 0.6 is 0 Å². The highest BCUT2D eigenvalue weighted by Crippen LogP contribution is 2.52. The highest BCUT2D eigenvalue weighted by Gasteiger charge is 2.61. The van der Waals surface area contributed by atoms with Crippen molar-refractivity contribution in [1.82, 2.24) is 0 Å². The molecule has 19 heteroatoms. The van der Waals surface area contributed by atoms with Crippen molar-refractivity contribution in [2.75, 3.05) is 31.4 Å². The predicted molar refractivity (Wildman–Crippen MR) is 229 cm³/mol. The number of hydrogen-bond donors (Lipinski definition) is 7. The number of nitrogens with zero attached hydrogens (tertiary/aromatic N) is 4. The van der Waals surface area contributed by atoms with E-state index in [0.717, 1.165) is 6.42 Å². The van der Waals surface area contributed by atoms with Crippen LogP contribution in [0.4, 0.5) is 5.69 Å². The number of amides is 1. The summed E-state index contributed by atoms with van der Waals surface area (Å²) in [4.78, 5) is 68.3. The number of guanidine groups is 1. The zero-order chi connectivity index (χ0) is 45.8. The number of hydrogen-bond acceptors (Lipinski definition) is 18. The number of fused-ring (bicyclic) bond motifs is 7. The van der Waals surface area contributed by atoms with Crippen molar-refractivity contribution in [3.63, 3.8) is 0 Å². The number of amidine groups is 1. The molecule has 6 aliphatic rings. The number of aldehydes is 1. The van der Waals surface area contributed by atoms with Crippen LogP contribution in [0.15, 0.2) is 63.5 Å². The Morgan fingerprint density at radius 2 is 1.75 bits per heavy atom. The Hall–Kier alpha value is -5.77. The molecule has 65 heavy (non-hydrogen) atoms. The molecule has 9 rings (SSSR count). The summed E-state index contributed by atoms with van der Waals surface area (Å²) in [6.45, 7) is -1.79. The quantitative estimate of drug-likeness (QED) is 0.109. The third kappa shape index (κ3) is 7.54. The fourth-order valence-electron chi connectivity index (χ4n) is 10.1. The van der Waals surface area contributed by atoms with Crippen LogP contribution < -0.4 is 20.1 Å². The molecule has 8 N–H and O–H groups in total. The second-order valence-corrected chi connectivity index (χ2v) is 17.2. The van der Waals surface area contributed by atoms with Crippen LogP contribution in [0, 0.1) is 0 Å². The summed E-state index contributed by atoms with van der Waals surface area (Å²) >= 11 is 0. The molecule has 2 fully saturated rings. The number of carbonyl (C=O) groups is 4. The number of benzene rings is 3. The number of carbonyl (C=O) groups excluding carboxylic acids is 4. The maximum atomic E-state index is 14.9. The maximum absolute atomic E-state index is 14.9. The second kappa shape index (κ2) is 17.6. The van der Waals surface area contributed by atoms with E-state index in [1.807, 2.05) is 0 Å². The Kier molecular flexibility index (Phi) is 12.0. The molecule has 1 amide bonds. The van der Waals surface area contributed by atoms with E-state index >= 15 is 0 Å². The molecule has 2 bridgehead atoms. The first-order valence-corrected chi connectivity index (χ1v) is 21.7. The van der Waals surface area contributed by atoms with Crippen molar-refractivity contribution in [3.05, 3.63) is 87.5 Å². The molecular formula is C46H49N5O14. The lowest BCUT2D eigenvalue weighted by Gasteiger charge is -2.53. The highest BCUT2D eigenvalue weighted by atomic mass is 16.7. The average molecular weight is 896 g/mol. The van der Waals surface area contributed by atoms with Gasteiger partial charge in [-0.3, -0.25) is 19.4 Å². The minimum atomic E-state index is -2.51. The summed E-state index contributed by atoms with van der Waals surface area (Å²) in [7, 11) is 0. The summed E-state index contributed by atoms with van der Waals surface area (Å²) in [5.41, 5.74) is 3.39. The number of ketones is 2.